The number of rotatable bonds is 5. The largest absolute Gasteiger partial charge is 0.396 e. The number of aromatic nitrogens is 1. The summed E-state index contributed by atoms with van der Waals surface area (Å²) in [6.45, 7) is 5.88. The average Bonchev–Trinajstić information content (AvgIpc) is 2.59. The van der Waals surface area contributed by atoms with Gasteiger partial charge in [-0.1, -0.05) is 41.4 Å². The number of hydrogen-bond acceptors (Lipinski definition) is 4. The van der Waals surface area contributed by atoms with Crippen molar-refractivity contribution in [3.63, 3.8) is 0 Å². The molecule has 128 valence electrons. The van der Waals surface area contributed by atoms with E-state index < -0.39 is 0 Å². The summed E-state index contributed by atoms with van der Waals surface area (Å²) < 4.78 is 0. The minimum Gasteiger partial charge on any atom is -0.396 e. The van der Waals surface area contributed by atoms with Gasteiger partial charge in [-0.15, -0.1) is 0 Å². The standard InChI is InChI=1S/C19H24ClN3O/c1-15-4-6-16(7-5-15)13-22-10-11-23(14-17(22)8-12-24)19-18(20)3-2-9-21-19/h2-7,9,17,24H,8,10-14H2,1H3/t17-/m0/s1. The Labute approximate surface area is 148 Å². The maximum Gasteiger partial charge on any atom is 0.147 e. The van der Waals surface area contributed by atoms with Gasteiger partial charge in [-0.2, -0.15) is 0 Å². The van der Waals surface area contributed by atoms with E-state index >= 15 is 0 Å². The molecule has 1 aromatic heterocycles. The van der Waals surface area contributed by atoms with Crippen LogP contribution < -0.4 is 4.90 Å². The highest BCUT2D eigenvalue weighted by atomic mass is 35.5. The van der Waals surface area contributed by atoms with Gasteiger partial charge in [0.15, 0.2) is 0 Å². The molecule has 1 aliphatic rings. The maximum atomic E-state index is 9.46. The number of pyridine rings is 1. The van der Waals surface area contributed by atoms with E-state index in [0.29, 0.717) is 11.1 Å². The van der Waals surface area contributed by atoms with Crippen molar-refractivity contribution in [1.82, 2.24) is 9.88 Å². The maximum absolute atomic E-state index is 9.46. The van der Waals surface area contributed by atoms with Crippen LogP contribution in [0.1, 0.15) is 17.5 Å². The topological polar surface area (TPSA) is 39.6 Å². The van der Waals surface area contributed by atoms with E-state index in [1.807, 2.05) is 12.1 Å². The number of benzene rings is 1. The molecule has 1 fully saturated rings. The predicted molar refractivity (Wildman–Crippen MR) is 98.5 cm³/mol. The number of aliphatic hydroxyl groups excluding tert-OH is 1. The molecule has 0 bridgehead atoms. The van der Waals surface area contributed by atoms with E-state index in [1.54, 1.807) is 6.20 Å². The Morgan fingerprint density at radius 2 is 2.00 bits per heavy atom. The first-order valence-corrected chi connectivity index (χ1v) is 8.81. The molecule has 0 radical (unpaired) electrons. The Balaban J connectivity index is 1.71. The van der Waals surface area contributed by atoms with Crippen molar-refractivity contribution in [2.24, 2.45) is 0 Å². The van der Waals surface area contributed by atoms with Crippen LogP contribution in [-0.4, -0.2) is 47.3 Å². The summed E-state index contributed by atoms with van der Waals surface area (Å²) >= 11 is 6.30. The third kappa shape index (κ3) is 4.07. The van der Waals surface area contributed by atoms with Crippen molar-refractivity contribution in [2.75, 3.05) is 31.1 Å². The van der Waals surface area contributed by atoms with Crippen LogP contribution in [0.3, 0.4) is 0 Å². The molecule has 2 aromatic rings. The summed E-state index contributed by atoms with van der Waals surface area (Å²) in [6.07, 6.45) is 2.54. The highest BCUT2D eigenvalue weighted by Gasteiger charge is 2.28. The number of aliphatic hydroxyl groups is 1. The van der Waals surface area contributed by atoms with Gasteiger partial charge in [0.05, 0.1) is 5.02 Å². The molecule has 1 atom stereocenters. The van der Waals surface area contributed by atoms with Gasteiger partial charge in [-0.05, 0) is 31.0 Å². The molecule has 5 heteroatoms. The van der Waals surface area contributed by atoms with Crippen LogP contribution in [0, 0.1) is 6.92 Å². The molecule has 1 aliphatic heterocycles. The van der Waals surface area contributed by atoms with Crippen LogP contribution in [-0.2, 0) is 6.54 Å². The van der Waals surface area contributed by atoms with E-state index in [0.717, 1.165) is 38.4 Å². The van der Waals surface area contributed by atoms with E-state index in [1.165, 1.54) is 11.1 Å². The Hall–Kier alpha value is -1.62. The highest BCUT2D eigenvalue weighted by Crippen LogP contribution is 2.26. The summed E-state index contributed by atoms with van der Waals surface area (Å²) in [5.74, 6) is 0.845. The van der Waals surface area contributed by atoms with Crippen molar-refractivity contribution in [2.45, 2.75) is 25.9 Å². The predicted octanol–water partition coefficient (Wildman–Crippen LogP) is 3.12. The van der Waals surface area contributed by atoms with Gasteiger partial charge >= 0.3 is 0 Å². The third-order valence-electron chi connectivity index (χ3n) is 4.61. The molecule has 4 nitrogen and oxygen atoms in total. The van der Waals surface area contributed by atoms with Gasteiger partial charge in [-0.25, -0.2) is 4.98 Å². The zero-order valence-electron chi connectivity index (χ0n) is 14.0. The summed E-state index contributed by atoms with van der Waals surface area (Å²) in [5.41, 5.74) is 2.59. The molecule has 24 heavy (non-hydrogen) atoms. The van der Waals surface area contributed by atoms with Gasteiger partial charge in [-0.3, -0.25) is 4.90 Å². The van der Waals surface area contributed by atoms with Crippen molar-refractivity contribution >= 4 is 17.4 Å². The Bertz CT molecular complexity index is 662. The molecule has 0 amide bonds. The van der Waals surface area contributed by atoms with Gasteiger partial charge in [0.1, 0.15) is 5.82 Å². The van der Waals surface area contributed by atoms with E-state index in [-0.39, 0.29) is 6.61 Å². The smallest absolute Gasteiger partial charge is 0.147 e. The molecule has 0 aliphatic carbocycles. The number of nitrogens with zero attached hydrogens (tertiary/aromatic N) is 3. The van der Waals surface area contributed by atoms with Crippen LogP contribution >= 0.6 is 11.6 Å². The second-order valence-corrected chi connectivity index (χ2v) is 6.78. The lowest BCUT2D eigenvalue weighted by atomic mass is 10.1. The lowest BCUT2D eigenvalue weighted by Gasteiger charge is -2.42. The minimum atomic E-state index is 0.193. The molecule has 3 rings (SSSR count). The molecular weight excluding hydrogens is 322 g/mol. The number of hydrogen-bond donors (Lipinski definition) is 1. The van der Waals surface area contributed by atoms with Crippen LogP contribution in [0.25, 0.3) is 0 Å². The Morgan fingerprint density at radius 1 is 1.21 bits per heavy atom. The van der Waals surface area contributed by atoms with E-state index in [4.69, 9.17) is 11.6 Å². The van der Waals surface area contributed by atoms with Crippen LogP contribution in [0.2, 0.25) is 5.02 Å². The molecule has 2 heterocycles. The second kappa shape index (κ2) is 7.97. The molecule has 0 saturated carbocycles. The van der Waals surface area contributed by atoms with Crippen LogP contribution in [0.4, 0.5) is 5.82 Å². The first-order chi connectivity index (χ1) is 11.7. The summed E-state index contributed by atoms with van der Waals surface area (Å²) in [7, 11) is 0. The Morgan fingerprint density at radius 3 is 2.71 bits per heavy atom. The van der Waals surface area contributed by atoms with Crippen molar-refractivity contribution in [3.05, 3.63) is 58.7 Å². The van der Waals surface area contributed by atoms with Crippen molar-refractivity contribution in [3.8, 4) is 0 Å². The summed E-state index contributed by atoms with van der Waals surface area (Å²) in [5, 5.41) is 10.2. The minimum absolute atomic E-state index is 0.193. The SMILES string of the molecule is Cc1ccc(CN2CCN(c3ncccc3Cl)C[C@@H]2CCO)cc1. The molecule has 0 unspecified atom stereocenters. The number of aryl methyl sites for hydroxylation is 1. The zero-order valence-corrected chi connectivity index (χ0v) is 14.8. The fourth-order valence-electron chi connectivity index (χ4n) is 3.25. The monoisotopic (exact) mass is 345 g/mol. The van der Waals surface area contributed by atoms with Crippen molar-refractivity contribution in [1.29, 1.82) is 0 Å². The van der Waals surface area contributed by atoms with E-state index in [2.05, 4.69) is 46.0 Å². The first kappa shape index (κ1) is 17.2. The second-order valence-electron chi connectivity index (χ2n) is 6.38. The first-order valence-electron chi connectivity index (χ1n) is 8.43. The molecule has 1 N–H and O–H groups in total. The highest BCUT2D eigenvalue weighted by molar-refractivity contribution is 6.32. The van der Waals surface area contributed by atoms with Crippen LogP contribution in [0.15, 0.2) is 42.6 Å². The lowest BCUT2D eigenvalue weighted by Crippen LogP contribution is -2.53. The molecule has 1 saturated heterocycles. The average molecular weight is 346 g/mol. The fraction of sp³-hybridized carbons (Fsp3) is 0.421. The quantitative estimate of drug-likeness (QED) is 0.903. The van der Waals surface area contributed by atoms with Gasteiger partial charge in [0.2, 0.25) is 0 Å². The number of anilines is 1. The number of piperazine rings is 1. The molecular formula is C19H24ClN3O. The summed E-state index contributed by atoms with van der Waals surface area (Å²) in [6, 6.07) is 12.7. The summed E-state index contributed by atoms with van der Waals surface area (Å²) in [4.78, 5) is 9.11. The zero-order chi connectivity index (χ0) is 16.9. The van der Waals surface area contributed by atoms with Crippen LogP contribution in [0.5, 0.6) is 0 Å². The Kier molecular flexibility index (Phi) is 5.72. The molecule has 1 aromatic carbocycles. The van der Waals surface area contributed by atoms with E-state index in [9.17, 15) is 5.11 Å². The van der Waals surface area contributed by atoms with Crippen molar-refractivity contribution < 1.29 is 5.11 Å². The van der Waals surface area contributed by atoms with Gasteiger partial charge in [0.25, 0.3) is 0 Å². The molecule has 0 spiro atoms. The lowest BCUT2D eigenvalue weighted by molar-refractivity contribution is 0.135. The fourth-order valence-corrected chi connectivity index (χ4v) is 3.50. The normalized spacial score (nSPS) is 18.8. The van der Waals surface area contributed by atoms with Gasteiger partial charge < -0.3 is 10.0 Å². The van der Waals surface area contributed by atoms with Gasteiger partial charge in [0, 0.05) is 45.0 Å². The third-order valence-corrected chi connectivity index (χ3v) is 4.91. The number of halogens is 1.